The lowest BCUT2D eigenvalue weighted by Crippen LogP contribution is -2.49. The number of aliphatic hydroxyl groups excluding tert-OH is 1. The smallest absolute Gasteiger partial charge is 0.253 e. The Kier molecular flexibility index (Phi) is 6.58. The quantitative estimate of drug-likeness (QED) is 0.715. The molecule has 6 heteroatoms. The van der Waals surface area contributed by atoms with Crippen molar-refractivity contribution in [3.05, 3.63) is 53.6 Å². The second-order valence-corrected chi connectivity index (χ2v) is 10.7. The van der Waals surface area contributed by atoms with Gasteiger partial charge in [-0.2, -0.15) is 0 Å². The number of likely N-dealkylation sites (N-methyl/N-ethyl adjacent to an activating group) is 1. The molecule has 5 rings (SSSR count). The third-order valence-corrected chi connectivity index (χ3v) is 8.46. The van der Waals surface area contributed by atoms with E-state index in [4.69, 9.17) is 0 Å². The van der Waals surface area contributed by atoms with Gasteiger partial charge in [-0.15, -0.1) is 0 Å². The molecule has 2 aliphatic heterocycles. The predicted molar refractivity (Wildman–Crippen MR) is 138 cm³/mol. The van der Waals surface area contributed by atoms with Gasteiger partial charge in [0.2, 0.25) is 5.91 Å². The highest BCUT2D eigenvalue weighted by atomic mass is 16.3. The number of rotatable bonds is 4. The first kappa shape index (κ1) is 23.9. The fourth-order valence-electron chi connectivity index (χ4n) is 6.53. The van der Waals surface area contributed by atoms with Gasteiger partial charge >= 0.3 is 0 Å². The van der Waals surface area contributed by atoms with E-state index < -0.39 is 0 Å². The minimum atomic E-state index is -0.00988. The van der Waals surface area contributed by atoms with E-state index in [1.165, 1.54) is 12.0 Å². The molecule has 1 saturated carbocycles. The second kappa shape index (κ2) is 9.65. The van der Waals surface area contributed by atoms with E-state index in [1.807, 2.05) is 24.3 Å². The van der Waals surface area contributed by atoms with Crippen molar-refractivity contribution < 1.29 is 14.7 Å². The maximum Gasteiger partial charge on any atom is 0.253 e. The van der Waals surface area contributed by atoms with Gasteiger partial charge in [0.15, 0.2) is 0 Å². The van der Waals surface area contributed by atoms with Crippen LogP contribution in [0.4, 0.5) is 5.69 Å². The summed E-state index contributed by atoms with van der Waals surface area (Å²) in [6.07, 6.45) is 6.45. The molecule has 2 heterocycles. The first-order chi connectivity index (χ1) is 16.9. The van der Waals surface area contributed by atoms with Crippen LogP contribution in [0.15, 0.2) is 42.5 Å². The van der Waals surface area contributed by atoms with Crippen LogP contribution in [0.25, 0.3) is 11.1 Å². The highest BCUT2D eigenvalue weighted by molar-refractivity contribution is 5.94. The first-order valence-corrected chi connectivity index (χ1v) is 13.0. The molecule has 1 N–H and O–H groups in total. The second-order valence-electron chi connectivity index (χ2n) is 10.7. The summed E-state index contributed by atoms with van der Waals surface area (Å²) in [5, 5.41) is 10.3. The molecule has 2 fully saturated rings. The van der Waals surface area contributed by atoms with Crippen LogP contribution in [0, 0.1) is 11.8 Å². The van der Waals surface area contributed by atoms with E-state index in [-0.39, 0.29) is 36.4 Å². The number of nitrogens with zero attached hydrogens (tertiary/aromatic N) is 3. The Balaban J connectivity index is 1.51. The molecular weight excluding hydrogens is 438 g/mol. The topological polar surface area (TPSA) is 64.1 Å². The van der Waals surface area contributed by atoms with Crippen LogP contribution in [0.2, 0.25) is 0 Å². The van der Waals surface area contributed by atoms with E-state index in [0.717, 1.165) is 55.5 Å². The average molecular weight is 476 g/mol. The third-order valence-electron chi connectivity index (χ3n) is 8.46. The van der Waals surface area contributed by atoms with Gasteiger partial charge in [-0.3, -0.25) is 9.59 Å². The summed E-state index contributed by atoms with van der Waals surface area (Å²) in [7, 11) is 5.57. The molecule has 2 amide bonds. The summed E-state index contributed by atoms with van der Waals surface area (Å²) in [6, 6.07) is 14.2. The molecule has 3 atom stereocenters. The van der Waals surface area contributed by atoms with Gasteiger partial charge in [-0.1, -0.05) is 37.5 Å². The summed E-state index contributed by atoms with van der Waals surface area (Å²) in [5.41, 5.74) is 5.07. The maximum absolute atomic E-state index is 13.7. The molecule has 186 valence electrons. The summed E-state index contributed by atoms with van der Waals surface area (Å²) in [4.78, 5) is 31.9. The van der Waals surface area contributed by atoms with E-state index in [0.29, 0.717) is 11.5 Å². The lowest BCUT2D eigenvalue weighted by molar-refractivity contribution is -0.138. The molecule has 35 heavy (non-hydrogen) atoms. The number of hydrogen-bond acceptors (Lipinski definition) is 4. The largest absolute Gasteiger partial charge is 0.394 e. The van der Waals surface area contributed by atoms with E-state index >= 15 is 0 Å². The Bertz CT molecular complexity index is 1090. The molecule has 2 aromatic rings. The van der Waals surface area contributed by atoms with Crippen molar-refractivity contribution in [2.45, 2.75) is 50.6 Å². The number of anilines is 1. The molecule has 0 aromatic heterocycles. The number of amides is 2. The van der Waals surface area contributed by atoms with Gasteiger partial charge in [-0.25, -0.2) is 0 Å². The molecule has 1 aliphatic carbocycles. The molecule has 0 spiro atoms. The number of aliphatic hydroxyl groups is 1. The molecule has 3 aliphatic rings. The first-order valence-electron chi connectivity index (χ1n) is 13.0. The van der Waals surface area contributed by atoms with Crippen molar-refractivity contribution in [2.75, 3.05) is 39.2 Å². The van der Waals surface area contributed by atoms with Crippen molar-refractivity contribution >= 4 is 17.5 Å². The number of carbonyl (C=O) groups excluding carboxylic acids is 2. The van der Waals surface area contributed by atoms with E-state index in [9.17, 15) is 14.7 Å². The van der Waals surface area contributed by atoms with Crippen LogP contribution in [0.3, 0.4) is 0 Å². The van der Waals surface area contributed by atoms with E-state index in [2.05, 4.69) is 35.0 Å². The number of benzene rings is 2. The normalized spacial score (nSPS) is 24.2. The van der Waals surface area contributed by atoms with E-state index in [1.54, 1.807) is 19.0 Å². The summed E-state index contributed by atoms with van der Waals surface area (Å²) >= 11 is 0. The number of hydrogen-bond donors (Lipinski definition) is 1. The molecule has 0 radical (unpaired) electrons. The zero-order chi connectivity index (χ0) is 24.7. The SMILES string of the molecule is CN(C)C(=O)c1ccc(-c2ccc3c(c2)[C@@H]2[C@@H](CCN2C(=O)C2CCCCC2)[C@H](CO)N3C)cc1. The Morgan fingerprint density at radius 3 is 2.31 bits per heavy atom. The van der Waals surface area contributed by atoms with Gasteiger partial charge in [-0.05, 0) is 60.2 Å². The van der Waals surface area contributed by atoms with Crippen molar-refractivity contribution in [2.24, 2.45) is 11.8 Å². The zero-order valence-electron chi connectivity index (χ0n) is 21.1. The lowest BCUT2D eigenvalue weighted by Gasteiger charge is -2.45. The van der Waals surface area contributed by atoms with Crippen LogP contribution >= 0.6 is 0 Å². The molecule has 0 bridgehead atoms. The monoisotopic (exact) mass is 475 g/mol. The third kappa shape index (κ3) is 4.22. The highest BCUT2D eigenvalue weighted by Crippen LogP contribution is 2.50. The van der Waals surface area contributed by atoms with Crippen LogP contribution in [0.1, 0.15) is 60.5 Å². The molecule has 1 saturated heterocycles. The van der Waals surface area contributed by atoms with Crippen LogP contribution in [-0.2, 0) is 4.79 Å². The number of fused-ring (bicyclic) bond motifs is 3. The molecule has 6 nitrogen and oxygen atoms in total. The fourth-order valence-corrected chi connectivity index (χ4v) is 6.53. The van der Waals surface area contributed by atoms with Gasteiger partial charge in [0.25, 0.3) is 5.91 Å². The van der Waals surface area contributed by atoms with Crippen molar-refractivity contribution in [3.63, 3.8) is 0 Å². The maximum atomic E-state index is 13.7. The van der Waals surface area contributed by atoms with Crippen molar-refractivity contribution in [1.82, 2.24) is 9.80 Å². The van der Waals surface area contributed by atoms with Crippen LogP contribution in [0.5, 0.6) is 0 Å². The predicted octanol–water partition coefficient (Wildman–Crippen LogP) is 4.34. The Morgan fingerprint density at radius 1 is 0.971 bits per heavy atom. The van der Waals surface area contributed by atoms with Crippen LogP contribution in [-0.4, -0.2) is 67.1 Å². The highest BCUT2D eigenvalue weighted by Gasteiger charge is 2.48. The molecule has 0 unspecified atom stereocenters. The van der Waals surface area contributed by atoms with Gasteiger partial charge in [0.1, 0.15) is 0 Å². The van der Waals surface area contributed by atoms with Gasteiger partial charge < -0.3 is 19.8 Å². The zero-order valence-corrected chi connectivity index (χ0v) is 21.1. The van der Waals surface area contributed by atoms with Crippen molar-refractivity contribution in [3.8, 4) is 11.1 Å². The Morgan fingerprint density at radius 2 is 1.66 bits per heavy atom. The van der Waals surface area contributed by atoms with Gasteiger partial charge in [0, 0.05) is 50.8 Å². The number of carbonyl (C=O) groups is 2. The summed E-state index contributed by atoms with van der Waals surface area (Å²) in [6.45, 7) is 0.853. The Hall–Kier alpha value is -2.86. The minimum Gasteiger partial charge on any atom is -0.394 e. The standard InChI is InChI=1S/C29H37N3O3/c1-30(2)28(34)21-11-9-19(10-12-21)22-13-14-25-24(17-22)27-23(26(18-33)31(25)3)15-16-32(27)29(35)20-7-5-4-6-8-20/h9-14,17,20,23,26-27,33H,4-8,15-16,18H2,1-3H3/t23-,26-,27-/m0/s1. The average Bonchev–Trinajstić information content (AvgIpc) is 3.33. The van der Waals surface area contributed by atoms with Crippen molar-refractivity contribution in [1.29, 1.82) is 0 Å². The lowest BCUT2D eigenvalue weighted by atomic mass is 9.80. The minimum absolute atomic E-state index is 0.00215. The molecular formula is C29H37N3O3. The van der Waals surface area contributed by atoms with Crippen LogP contribution < -0.4 is 4.90 Å². The number of likely N-dealkylation sites (tertiary alicyclic amines) is 1. The molecule has 2 aromatic carbocycles. The Labute approximate surface area is 208 Å². The van der Waals surface area contributed by atoms with Gasteiger partial charge in [0.05, 0.1) is 18.7 Å². The fraction of sp³-hybridized carbons (Fsp3) is 0.517. The summed E-state index contributed by atoms with van der Waals surface area (Å²) in [5.74, 6) is 0.661. The summed E-state index contributed by atoms with van der Waals surface area (Å²) < 4.78 is 0.